The van der Waals surface area contributed by atoms with Crippen LogP contribution in [0.2, 0.25) is 0 Å². The largest absolute Gasteiger partial charge is 0.496 e. The van der Waals surface area contributed by atoms with Crippen molar-refractivity contribution in [3.63, 3.8) is 0 Å². The molecule has 0 bridgehead atoms. The van der Waals surface area contributed by atoms with Gasteiger partial charge >= 0.3 is 5.97 Å². The maximum Gasteiger partial charge on any atom is 0.373 e. The fraction of sp³-hybridized carbons (Fsp3) is 0.357. The number of esters is 1. The molecule has 2 aromatic heterocycles. The van der Waals surface area contributed by atoms with E-state index in [1.807, 2.05) is 18.4 Å². The van der Waals surface area contributed by atoms with Crippen LogP contribution >= 0.6 is 11.3 Å². The molecule has 0 radical (unpaired) electrons. The van der Waals surface area contributed by atoms with Crippen molar-refractivity contribution in [2.45, 2.75) is 13.0 Å². The van der Waals surface area contributed by atoms with E-state index in [1.165, 1.54) is 7.11 Å². The Kier molecular flexibility index (Phi) is 4.81. The average Bonchev–Trinajstić information content (AvgIpc) is 3.13. The molecule has 108 valence electrons. The molecular weight excluding hydrogens is 278 g/mol. The molecule has 0 saturated carbocycles. The predicted octanol–water partition coefficient (Wildman–Crippen LogP) is 2.84. The summed E-state index contributed by atoms with van der Waals surface area (Å²) >= 11 is 1.58. The molecule has 5 nitrogen and oxygen atoms in total. The highest BCUT2D eigenvalue weighted by molar-refractivity contribution is 7.10. The number of thiophene rings is 1. The summed E-state index contributed by atoms with van der Waals surface area (Å²) in [5.41, 5.74) is 0. The van der Waals surface area contributed by atoms with E-state index in [9.17, 15) is 4.79 Å². The minimum atomic E-state index is -0.477. The highest BCUT2D eigenvalue weighted by Crippen LogP contribution is 2.32. The van der Waals surface area contributed by atoms with Gasteiger partial charge in [-0.1, -0.05) is 6.92 Å². The van der Waals surface area contributed by atoms with Crippen LogP contribution in [0.1, 0.15) is 34.2 Å². The van der Waals surface area contributed by atoms with Crippen molar-refractivity contribution in [1.82, 2.24) is 5.32 Å². The van der Waals surface area contributed by atoms with Gasteiger partial charge in [-0.15, -0.1) is 11.3 Å². The van der Waals surface area contributed by atoms with Gasteiger partial charge in [-0.25, -0.2) is 4.79 Å². The quantitative estimate of drug-likeness (QED) is 0.830. The van der Waals surface area contributed by atoms with Gasteiger partial charge in [0, 0.05) is 10.3 Å². The Hall–Kier alpha value is -1.79. The summed E-state index contributed by atoms with van der Waals surface area (Å²) in [7, 11) is 2.97. The van der Waals surface area contributed by atoms with Crippen molar-refractivity contribution in [2.75, 3.05) is 20.8 Å². The molecule has 2 heterocycles. The molecular formula is C14H17NO4S. The van der Waals surface area contributed by atoms with Gasteiger partial charge < -0.3 is 19.2 Å². The van der Waals surface area contributed by atoms with E-state index in [2.05, 4.69) is 10.1 Å². The summed E-state index contributed by atoms with van der Waals surface area (Å²) in [4.78, 5) is 12.5. The predicted molar refractivity (Wildman–Crippen MR) is 76.4 cm³/mol. The van der Waals surface area contributed by atoms with Gasteiger partial charge in [0.05, 0.1) is 14.2 Å². The van der Waals surface area contributed by atoms with Gasteiger partial charge in [-0.05, 0) is 24.7 Å². The first-order chi connectivity index (χ1) is 9.69. The van der Waals surface area contributed by atoms with E-state index in [0.717, 1.165) is 17.2 Å². The molecule has 1 unspecified atom stereocenters. The number of rotatable bonds is 6. The topological polar surface area (TPSA) is 60.7 Å². The Balaban J connectivity index is 2.28. The van der Waals surface area contributed by atoms with Gasteiger partial charge in [0.15, 0.2) is 0 Å². The average molecular weight is 295 g/mol. The van der Waals surface area contributed by atoms with E-state index < -0.39 is 5.97 Å². The minimum absolute atomic E-state index is 0.104. The van der Waals surface area contributed by atoms with Gasteiger partial charge in [0.1, 0.15) is 17.6 Å². The van der Waals surface area contributed by atoms with Crippen molar-refractivity contribution < 1.29 is 18.7 Å². The monoisotopic (exact) mass is 295 g/mol. The van der Waals surface area contributed by atoms with Crippen LogP contribution in [0.15, 0.2) is 28.0 Å². The van der Waals surface area contributed by atoms with E-state index >= 15 is 0 Å². The molecule has 0 aliphatic heterocycles. The second kappa shape index (κ2) is 6.58. The van der Waals surface area contributed by atoms with Crippen LogP contribution in [0, 0.1) is 0 Å². The van der Waals surface area contributed by atoms with Gasteiger partial charge in [-0.3, -0.25) is 0 Å². The van der Waals surface area contributed by atoms with Crippen LogP contribution in [-0.4, -0.2) is 26.7 Å². The summed E-state index contributed by atoms with van der Waals surface area (Å²) in [6.45, 7) is 2.79. The fourth-order valence-corrected chi connectivity index (χ4v) is 2.79. The van der Waals surface area contributed by atoms with E-state index in [1.54, 1.807) is 30.6 Å². The SMILES string of the molecule is CCNC(c1ccc(C(=O)OC)o1)c1cc(OC)cs1. The van der Waals surface area contributed by atoms with E-state index in [4.69, 9.17) is 9.15 Å². The van der Waals surface area contributed by atoms with Crippen LogP contribution in [0.4, 0.5) is 0 Å². The van der Waals surface area contributed by atoms with Crippen LogP contribution in [-0.2, 0) is 4.74 Å². The Morgan fingerprint density at radius 3 is 2.85 bits per heavy atom. The second-order valence-electron chi connectivity index (χ2n) is 4.07. The lowest BCUT2D eigenvalue weighted by Gasteiger charge is -2.13. The Labute approximate surface area is 121 Å². The molecule has 0 amide bonds. The highest BCUT2D eigenvalue weighted by Gasteiger charge is 2.21. The summed E-state index contributed by atoms with van der Waals surface area (Å²) < 4.78 is 15.4. The zero-order valence-electron chi connectivity index (χ0n) is 11.6. The van der Waals surface area contributed by atoms with E-state index in [0.29, 0.717) is 5.76 Å². The number of nitrogens with one attached hydrogen (secondary N) is 1. The van der Waals surface area contributed by atoms with E-state index in [-0.39, 0.29) is 11.8 Å². The molecule has 1 N–H and O–H groups in total. The van der Waals surface area contributed by atoms with Crippen molar-refractivity contribution in [2.24, 2.45) is 0 Å². The van der Waals surface area contributed by atoms with Crippen LogP contribution in [0.3, 0.4) is 0 Å². The van der Waals surface area contributed by atoms with Crippen LogP contribution in [0.25, 0.3) is 0 Å². The molecule has 0 aliphatic rings. The second-order valence-corrected chi connectivity index (χ2v) is 5.02. The fourth-order valence-electron chi connectivity index (χ4n) is 1.86. The van der Waals surface area contributed by atoms with Gasteiger partial charge in [0.25, 0.3) is 0 Å². The summed E-state index contributed by atoms with van der Waals surface area (Å²) in [5.74, 6) is 1.22. The maximum absolute atomic E-state index is 11.4. The first kappa shape index (κ1) is 14.6. The summed E-state index contributed by atoms with van der Waals surface area (Å²) in [6.07, 6.45) is 0. The molecule has 0 fully saturated rings. The normalized spacial score (nSPS) is 12.2. The number of carbonyl (C=O) groups is 1. The molecule has 2 aromatic rings. The number of carbonyl (C=O) groups excluding carboxylic acids is 1. The minimum Gasteiger partial charge on any atom is -0.496 e. The zero-order chi connectivity index (χ0) is 14.5. The number of hydrogen-bond donors (Lipinski definition) is 1. The Bertz CT molecular complexity index is 575. The van der Waals surface area contributed by atoms with Crippen molar-refractivity contribution in [3.8, 4) is 5.75 Å². The lowest BCUT2D eigenvalue weighted by atomic mass is 10.2. The van der Waals surface area contributed by atoms with Crippen LogP contribution in [0.5, 0.6) is 5.75 Å². The Morgan fingerprint density at radius 1 is 1.45 bits per heavy atom. The number of hydrogen-bond acceptors (Lipinski definition) is 6. The molecule has 1 atom stereocenters. The van der Waals surface area contributed by atoms with Gasteiger partial charge in [0.2, 0.25) is 5.76 Å². The highest BCUT2D eigenvalue weighted by atomic mass is 32.1. The number of ether oxygens (including phenoxy) is 2. The first-order valence-electron chi connectivity index (χ1n) is 6.23. The summed E-state index contributed by atoms with van der Waals surface area (Å²) in [6, 6.07) is 5.26. The third kappa shape index (κ3) is 3.02. The maximum atomic E-state index is 11.4. The standard InChI is InChI=1S/C14H17NO4S/c1-4-15-13(12-7-9(17-2)8-20-12)10-5-6-11(19-10)14(16)18-3/h5-8,13,15H,4H2,1-3H3. The molecule has 0 aliphatic carbocycles. The molecule has 2 rings (SSSR count). The van der Waals surface area contributed by atoms with Crippen LogP contribution < -0.4 is 10.1 Å². The number of methoxy groups -OCH3 is 2. The molecule has 0 saturated heterocycles. The zero-order valence-corrected chi connectivity index (χ0v) is 12.5. The Morgan fingerprint density at radius 2 is 2.25 bits per heavy atom. The summed E-state index contributed by atoms with van der Waals surface area (Å²) in [5, 5.41) is 5.27. The smallest absolute Gasteiger partial charge is 0.373 e. The third-order valence-electron chi connectivity index (χ3n) is 2.82. The first-order valence-corrected chi connectivity index (χ1v) is 7.11. The lowest BCUT2D eigenvalue weighted by Crippen LogP contribution is -2.20. The van der Waals surface area contributed by atoms with Crippen molar-refractivity contribution in [3.05, 3.63) is 40.0 Å². The van der Waals surface area contributed by atoms with Gasteiger partial charge in [-0.2, -0.15) is 0 Å². The molecule has 20 heavy (non-hydrogen) atoms. The molecule has 6 heteroatoms. The van der Waals surface area contributed by atoms with Crippen molar-refractivity contribution in [1.29, 1.82) is 0 Å². The van der Waals surface area contributed by atoms with Crippen molar-refractivity contribution >= 4 is 17.3 Å². The molecule has 0 aromatic carbocycles. The third-order valence-corrected chi connectivity index (χ3v) is 3.80. The lowest BCUT2D eigenvalue weighted by molar-refractivity contribution is 0.0562. The molecule has 0 spiro atoms. The number of furan rings is 1.